The van der Waals surface area contributed by atoms with Gasteiger partial charge in [-0.2, -0.15) is 4.98 Å². The maximum atomic E-state index is 4.35. The lowest BCUT2D eigenvalue weighted by atomic mass is 10.2. The number of nitrogens with one attached hydrogen (secondary N) is 2. The van der Waals surface area contributed by atoms with Gasteiger partial charge >= 0.3 is 0 Å². The van der Waals surface area contributed by atoms with Crippen molar-refractivity contribution in [2.75, 3.05) is 17.2 Å². The molecule has 0 saturated carbocycles. The molecule has 0 saturated heterocycles. The van der Waals surface area contributed by atoms with Gasteiger partial charge < -0.3 is 10.6 Å². The summed E-state index contributed by atoms with van der Waals surface area (Å²) in [6.07, 6.45) is 3.51. The Morgan fingerprint density at radius 1 is 1.33 bits per heavy atom. The van der Waals surface area contributed by atoms with Crippen molar-refractivity contribution in [3.8, 4) is 0 Å². The van der Waals surface area contributed by atoms with Crippen molar-refractivity contribution in [1.29, 1.82) is 0 Å². The molecular formula is C14H16N4. The molecule has 18 heavy (non-hydrogen) atoms. The van der Waals surface area contributed by atoms with Crippen LogP contribution >= 0.6 is 0 Å². The molecule has 0 aliphatic heterocycles. The molecule has 0 radical (unpaired) electrons. The predicted molar refractivity (Wildman–Crippen MR) is 75.2 cm³/mol. The van der Waals surface area contributed by atoms with Crippen LogP contribution in [0, 0.1) is 6.92 Å². The maximum absolute atomic E-state index is 4.35. The Morgan fingerprint density at radius 3 is 3.00 bits per heavy atom. The van der Waals surface area contributed by atoms with E-state index in [4.69, 9.17) is 0 Å². The average molecular weight is 240 g/mol. The van der Waals surface area contributed by atoms with E-state index >= 15 is 0 Å². The zero-order valence-electron chi connectivity index (χ0n) is 10.4. The van der Waals surface area contributed by atoms with E-state index in [-0.39, 0.29) is 0 Å². The SMILES string of the molecule is C=CCNc1ccnc(Nc2cccc(C)c2)n1. The molecule has 0 spiro atoms. The van der Waals surface area contributed by atoms with Gasteiger partial charge in [0.1, 0.15) is 5.82 Å². The summed E-state index contributed by atoms with van der Waals surface area (Å²) < 4.78 is 0. The van der Waals surface area contributed by atoms with E-state index in [2.05, 4.69) is 27.2 Å². The minimum Gasteiger partial charge on any atom is -0.366 e. The number of hydrogen-bond donors (Lipinski definition) is 2. The van der Waals surface area contributed by atoms with Gasteiger partial charge in [0.2, 0.25) is 5.95 Å². The van der Waals surface area contributed by atoms with E-state index in [0.29, 0.717) is 12.5 Å². The molecule has 4 heteroatoms. The Labute approximate surface area is 107 Å². The van der Waals surface area contributed by atoms with Crippen molar-refractivity contribution in [1.82, 2.24) is 9.97 Å². The van der Waals surface area contributed by atoms with Gasteiger partial charge in [0.05, 0.1) is 0 Å². The molecule has 4 nitrogen and oxygen atoms in total. The Balaban J connectivity index is 2.11. The van der Waals surface area contributed by atoms with Crippen molar-refractivity contribution in [2.24, 2.45) is 0 Å². The van der Waals surface area contributed by atoms with Gasteiger partial charge in [0.25, 0.3) is 0 Å². The highest BCUT2D eigenvalue weighted by atomic mass is 15.1. The first kappa shape index (κ1) is 12.1. The van der Waals surface area contributed by atoms with Crippen LogP contribution in [0.3, 0.4) is 0 Å². The molecule has 2 rings (SSSR count). The fourth-order valence-corrected chi connectivity index (χ4v) is 1.55. The summed E-state index contributed by atoms with van der Waals surface area (Å²) in [5, 5.41) is 6.30. The number of nitrogens with zero attached hydrogens (tertiary/aromatic N) is 2. The minimum absolute atomic E-state index is 0.578. The van der Waals surface area contributed by atoms with Crippen LogP contribution in [0.5, 0.6) is 0 Å². The lowest BCUT2D eigenvalue weighted by Crippen LogP contribution is -2.03. The summed E-state index contributed by atoms with van der Waals surface area (Å²) in [6, 6.07) is 9.91. The lowest BCUT2D eigenvalue weighted by Gasteiger charge is -2.07. The Hall–Kier alpha value is -2.36. The van der Waals surface area contributed by atoms with Crippen LogP contribution in [0.4, 0.5) is 17.5 Å². The third-order valence-electron chi connectivity index (χ3n) is 2.36. The molecule has 2 aromatic rings. The van der Waals surface area contributed by atoms with Crippen LogP contribution in [0.1, 0.15) is 5.56 Å². The summed E-state index contributed by atoms with van der Waals surface area (Å²) in [6.45, 7) is 6.39. The molecule has 0 atom stereocenters. The predicted octanol–water partition coefficient (Wildman–Crippen LogP) is 3.13. The standard InChI is InChI=1S/C14H16N4/c1-3-8-15-13-7-9-16-14(18-13)17-12-6-4-5-11(2)10-12/h3-7,9-10H,1,8H2,2H3,(H2,15,16,17,18). The summed E-state index contributed by atoms with van der Waals surface area (Å²) >= 11 is 0. The van der Waals surface area contributed by atoms with E-state index in [9.17, 15) is 0 Å². The second-order valence-electron chi connectivity index (χ2n) is 3.93. The fourth-order valence-electron chi connectivity index (χ4n) is 1.55. The van der Waals surface area contributed by atoms with E-state index in [0.717, 1.165) is 11.5 Å². The van der Waals surface area contributed by atoms with Crippen molar-refractivity contribution in [3.05, 3.63) is 54.7 Å². The first-order valence-electron chi connectivity index (χ1n) is 5.79. The number of rotatable bonds is 5. The van der Waals surface area contributed by atoms with Gasteiger partial charge in [-0.1, -0.05) is 18.2 Å². The topological polar surface area (TPSA) is 49.8 Å². The number of benzene rings is 1. The molecule has 0 fully saturated rings. The minimum atomic E-state index is 0.578. The zero-order chi connectivity index (χ0) is 12.8. The number of hydrogen-bond acceptors (Lipinski definition) is 4. The molecule has 1 aromatic heterocycles. The molecule has 2 N–H and O–H groups in total. The van der Waals surface area contributed by atoms with Crippen LogP contribution in [-0.4, -0.2) is 16.5 Å². The van der Waals surface area contributed by atoms with Crippen molar-refractivity contribution in [3.63, 3.8) is 0 Å². The Bertz CT molecular complexity index is 537. The molecule has 0 aliphatic carbocycles. The van der Waals surface area contributed by atoms with Crippen molar-refractivity contribution < 1.29 is 0 Å². The molecule has 0 bridgehead atoms. The van der Waals surface area contributed by atoms with Gasteiger partial charge in [-0.05, 0) is 30.7 Å². The van der Waals surface area contributed by atoms with Crippen LogP contribution in [0.15, 0.2) is 49.2 Å². The monoisotopic (exact) mass is 240 g/mol. The smallest absolute Gasteiger partial charge is 0.229 e. The number of aryl methyl sites for hydroxylation is 1. The van der Waals surface area contributed by atoms with Gasteiger partial charge in [-0.25, -0.2) is 4.98 Å². The second-order valence-corrected chi connectivity index (χ2v) is 3.93. The van der Waals surface area contributed by atoms with E-state index in [1.54, 1.807) is 12.3 Å². The van der Waals surface area contributed by atoms with Crippen LogP contribution in [0.25, 0.3) is 0 Å². The molecule has 92 valence electrons. The molecule has 1 heterocycles. The summed E-state index contributed by atoms with van der Waals surface area (Å²) in [7, 11) is 0. The molecule has 0 unspecified atom stereocenters. The Kier molecular flexibility index (Phi) is 3.91. The molecule has 1 aromatic carbocycles. The van der Waals surface area contributed by atoms with Gasteiger partial charge in [0, 0.05) is 18.4 Å². The highest BCUT2D eigenvalue weighted by Crippen LogP contribution is 2.15. The Morgan fingerprint density at radius 2 is 2.22 bits per heavy atom. The molecular weight excluding hydrogens is 224 g/mol. The lowest BCUT2D eigenvalue weighted by molar-refractivity contribution is 1.14. The van der Waals surface area contributed by atoms with Crippen molar-refractivity contribution in [2.45, 2.75) is 6.92 Å². The maximum Gasteiger partial charge on any atom is 0.229 e. The first-order chi connectivity index (χ1) is 8.78. The van der Waals surface area contributed by atoms with Crippen LogP contribution in [0.2, 0.25) is 0 Å². The van der Waals surface area contributed by atoms with Gasteiger partial charge in [-0.15, -0.1) is 6.58 Å². The highest BCUT2D eigenvalue weighted by molar-refractivity contribution is 5.55. The van der Waals surface area contributed by atoms with E-state index in [1.165, 1.54) is 5.56 Å². The fraction of sp³-hybridized carbons (Fsp3) is 0.143. The zero-order valence-corrected chi connectivity index (χ0v) is 10.4. The summed E-state index contributed by atoms with van der Waals surface area (Å²) in [5.41, 5.74) is 2.18. The molecule has 0 aliphatic rings. The van der Waals surface area contributed by atoms with E-state index in [1.807, 2.05) is 37.3 Å². The summed E-state index contributed by atoms with van der Waals surface area (Å²) in [5.74, 6) is 1.36. The second kappa shape index (κ2) is 5.82. The van der Waals surface area contributed by atoms with Crippen LogP contribution < -0.4 is 10.6 Å². The van der Waals surface area contributed by atoms with Gasteiger partial charge in [0.15, 0.2) is 0 Å². The molecule has 0 amide bonds. The normalized spacial score (nSPS) is 9.83. The number of anilines is 3. The average Bonchev–Trinajstić information content (AvgIpc) is 2.37. The third kappa shape index (κ3) is 3.31. The summed E-state index contributed by atoms with van der Waals surface area (Å²) in [4.78, 5) is 8.54. The largest absolute Gasteiger partial charge is 0.366 e. The quantitative estimate of drug-likeness (QED) is 0.788. The van der Waals surface area contributed by atoms with Gasteiger partial charge in [-0.3, -0.25) is 0 Å². The van der Waals surface area contributed by atoms with Crippen molar-refractivity contribution >= 4 is 17.5 Å². The number of aromatic nitrogens is 2. The third-order valence-corrected chi connectivity index (χ3v) is 2.36. The van der Waals surface area contributed by atoms with E-state index < -0.39 is 0 Å². The first-order valence-corrected chi connectivity index (χ1v) is 5.79. The highest BCUT2D eigenvalue weighted by Gasteiger charge is 1.99. The van der Waals surface area contributed by atoms with Crippen LogP contribution in [-0.2, 0) is 0 Å².